The molecular weight excluding hydrogens is 746 g/mol. The quantitative estimate of drug-likeness (QED) is 0.154. The average molecular weight is 796 g/mol. The first-order valence-corrected chi connectivity index (χ1v) is 18.9. The number of hydrogen-bond donors (Lipinski definition) is 4. The summed E-state index contributed by atoms with van der Waals surface area (Å²) in [5.41, 5.74) is -7.67. The number of amides is 1. The molecule has 11 atom stereocenters. The molecule has 3 aliphatic carbocycles. The molecule has 4 N–H and O–H groups in total. The Bertz CT molecular complexity index is 1960. The Kier molecular flexibility index (Phi) is 11.1. The van der Waals surface area contributed by atoms with Gasteiger partial charge in [-0.3, -0.25) is 19.2 Å². The summed E-state index contributed by atoms with van der Waals surface area (Å²) >= 11 is 0. The molecule has 2 heterocycles. The Balaban J connectivity index is 1.56. The van der Waals surface area contributed by atoms with Crippen molar-refractivity contribution in [3.63, 3.8) is 0 Å². The lowest BCUT2D eigenvalue weighted by molar-refractivity contribution is -0.346. The van der Waals surface area contributed by atoms with Gasteiger partial charge in [-0.05, 0) is 49.3 Å². The maximum Gasteiger partial charge on any atom is 0.338 e. The molecule has 3 fully saturated rings. The fraction of sp³-hybridized carbons (Fsp3) is 0.561. The Morgan fingerprint density at radius 3 is 2.25 bits per heavy atom. The SMILES string of the molecule is CCC(=O)O[C@H]1CC2OC[C@@]2(OC(C)=O)[C@H]2[C@H](OC(=O)c3ccccc3)[C@]3(O)C[C@H](OC(=O)[C@H](O)[C@@H](NC(C)=O)c4ccco4)C(C)=C([C@@H](O)C(=O)[C@]12C)C3(C)C. The first-order valence-electron chi connectivity index (χ1n) is 18.9. The second-order valence-electron chi connectivity index (χ2n) is 16.0. The molecule has 1 aromatic heterocycles. The van der Waals surface area contributed by atoms with Crippen LogP contribution in [-0.4, -0.2) is 105 Å². The van der Waals surface area contributed by atoms with Gasteiger partial charge >= 0.3 is 23.9 Å². The second kappa shape index (κ2) is 15.1. The molecule has 2 bridgehead atoms. The molecule has 16 heteroatoms. The van der Waals surface area contributed by atoms with Gasteiger partial charge in [0.1, 0.15) is 47.9 Å². The fourth-order valence-electron chi connectivity index (χ4n) is 9.50. The molecule has 2 saturated carbocycles. The summed E-state index contributed by atoms with van der Waals surface area (Å²) in [6.07, 6.45) is -9.20. The Morgan fingerprint density at radius 1 is 1.00 bits per heavy atom. The fourth-order valence-corrected chi connectivity index (χ4v) is 9.50. The van der Waals surface area contributed by atoms with Crippen LogP contribution in [0.2, 0.25) is 0 Å². The summed E-state index contributed by atoms with van der Waals surface area (Å²) < 4.78 is 35.5. The smallest absolute Gasteiger partial charge is 0.338 e. The zero-order valence-electron chi connectivity index (χ0n) is 32.8. The third-order valence-electron chi connectivity index (χ3n) is 12.5. The van der Waals surface area contributed by atoms with Gasteiger partial charge in [0.05, 0.1) is 29.8 Å². The number of esters is 4. The first kappa shape index (κ1) is 41.7. The van der Waals surface area contributed by atoms with Gasteiger partial charge in [-0.25, -0.2) is 9.59 Å². The van der Waals surface area contributed by atoms with Crippen molar-refractivity contribution in [2.75, 3.05) is 6.61 Å². The van der Waals surface area contributed by atoms with Crippen LogP contribution < -0.4 is 5.32 Å². The monoisotopic (exact) mass is 795 g/mol. The molecule has 0 radical (unpaired) electrons. The van der Waals surface area contributed by atoms with Crippen LogP contribution in [0.25, 0.3) is 0 Å². The molecule has 1 aliphatic heterocycles. The maximum atomic E-state index is 15.3. The van der Waals surface area contributed by atoms with Crippen LogP contribution >= 0.6 is 0 Å². The van der Waals surface area contributed by atoms with Crippen molar-refractivity contribution in [2.24, 2.45) is 16.7 Å². The number of ether oxygens (including phenoxy) is 5. The molecule has 6 rings (SSSR count). The molecule has 1 aromatic carbocycles. The van der Waals surface area contributed by atoms with Gasteiger partial charge in [-0.15, -0.1) is 0 Å². The van der Waals surface area contributed by atoms with Crippen LogP contribution in [0.4, 0.5) is 0 Å². The molecule has 57 heavy (non-hydrogen) atoms. The number of nitrogens with one attached hydrogen (secondary N) is 1. The number of carbonyl (C=O) groups is 6. The Morgan fingerprint density at radius 2 is 1.68 bits per heavy atom. The van der Waals surface area contributed by atoms with Crippen LogP contribution in [0.1, 0.15) is 89.9 Å². The highest BCUT2D eigenvalue weighted by molar-refractivity contribution is 5.94. The van der Waals surface area contributed by atoms with E-state index in [2.05, 4.69) is 5.32 Å². The van der Waals surface area contributed by atoms with E-state index >= 15 is 4.79 Å². The van der Waals surface area contributed by atoms with Crippen LogP contribution in [-0.2, 0) is 47.7 Å². The molecule has 16 nitrogen and oxygen atoms in total. The van der Waals surface area contributed by atoms with E-state index in [4.69, 9.17) is 28.1 Å². The Labute approximate surface area is 328 Å². The van der Waals surface area contributed by atoms with Crippen molar-refractivity contribution >= 4 is 35.6 Å². The summed E-state index contributed by atoms with van der Waals surface area (Å²) in [7, 11) is 0. The highest BCUT2D eigenvalue weighted by Crippen LogP contribution is 2.64. The number of rotatable bonds is 10. The summed E-state index contributed by atoms with van der Waals surface area (Å²) in [6.45, 7) is 9.57. The van der Waals surface area contributed by atoms with Crippen LogP contribution in [0, 0.1) is 16.7 Å². The number of aliphatic hydroxyl groups excluding tert-OH is 2. The number of hydrogen-bond acceptors (Lipinski definition) is 15. The zero-order valence-corrected chi connectivity index (χ0v) is 32.8. The molecule has 0 spiro atoms. The van der Waals surface area contributed by atoms with E-state index in [-0.39, 0.29) is 41.9 Å². The summed E-state index contributed by atoms with van der Waals surface area (Å²) in [5, 5.41) is 39.6. The highest BCUT2D eigenvalue weighted by Gasteiger charge is 2.78. The average Bonchev–Trinajstić information content (AvgIpc) is 3.69. The van der Waals surface area contributed by atoms with Gasteiger partial charge in [0.2, 0.25) is 5.91 Å². The molecule has 4 aliphatic rings. The molecule has 1 amide bonds. The molecular formula is C41H49NO15. The Hall–Kier alpha value is -4.90. The largest absolute Gasteiger partial charge is 0.467 e. The minimum atomic E-state index is -2.38. The van der Waals surface area contributed by atoms with Crippen LogP contribution in [0.3, 0.4) is 0 Å². The van der Waals surface area contributed by atoms with Crippen molar-refractivity contribution in [3.8, 4) is 0 Å². The van der Waals surface area contributed by atoms with Crippen LogP contribution in [0.5, 0.6) is 0 Å². The second-order valence-corrected chi connectivity index (χ2v) is 16.0. The van der Waals surface area contributed by atoms with Gasteiger partial charge in [-0.1, -0.05) is 39.0 Å². The summed E-state index contributed by atoms with van der Waals surface area (Å²) in [5.74, 6) is -6.67. The minimum absolute atomic E-state index is 0.0372. The van der Waals surface area contributed by atoms with Gasteiger partial charge in [0.15, 0.2) is 17.5 Å². The van der Waals surface area contributed by atoms with Crippen molar-refractivity contribution in [3.05, 3.63) is 71.2 Å². The summed E-state index contributed by atoms with van der Waals surface area (Å²) in [4.78, 5) is 81.3. The summed E-state index contributed by atoms with van der Waals surface area (Å²) in [6, 6.07) is 9.36. The van der Waals surface area contributed by atoms with Gasteiger partial charge in [-0.2, -0.15) is 0 Å². The number of furan rings is 1. The van der Waals surface area contributed by atoms with E-state index in [0.29, 0.717) is 0 Å². The maximum absolute atomic E-state index is 15.3. The molecule has 1 unspecified atom stereocenters. The van der Waals surface area contributed by atoms with Gasteiger partial charge in [0, 0.05) is 38.5 Å². The number of ketones is 1. The van der Waals surface area contributed by atoms with E-state index in [0.717, 1.165) is 6.92 Å². The number of aliphatic hydroxyl groups is 3. The lowest BCUT2D eigenvalue weighted by Gasteiger charge is -2.67. The van der Waals surface area contributed by atoms with E-state index in [1.54, 1.807) is 25.1 Å². The third-order valence-corrected chi connectivity index (χ3v) is 12.5. The topological polar surface area (TPSA) is 234 Å². The zero-order chi connectivity index (χ0) is 41.8. The standard InChI is InChI=1S/C41H49NO15/c1-8-28(45)55-26-17-27-40(19-53-27,57-22(4)44)33-35(56-36(49)23-13-10-9-11-14-23)41(51)18-25(20(2)29(38(41,5)6)31(46)34(48)39(26,33)7)54-37(50)32(47)30(42-21(3)43)24-15-12-16-52-24/h9-16,25-27,30-33,35,46-47,51H,8,17-19H2,1-7H3,(H,42,43)/t25-,26-,27?,30-,31+,32+,33-,35-,39+,40-,41+/m0/s1. The number of carbonyl (C=O) groups excluding carboxylic acids is 6. The molecule has 308 valence electrons. The lowest BCUT2D eigenvalue weighted by Crippen LogP contribution is -2.82. The van der Waals surface area contributed by atoms with Crippen LogP contribution in [0.15, 0.2) is 64.3 Å². The minimum Gasteiger partial charge on any atom is -0.467 e. The predicted octanol–water partition coefficient (Wildman–Crippen LogP) is 2.42. The first-order chi connectivity index (χ1) is 26.7. The molecule has 2 aromatic rings. The molecule has 1 saturated heterocycles. The van der Waals surface area contributed by atoms with Crippen molar-refractivity contribution < 1.29 is 72.2 Å². The van der Waals surface area contributed by atoms with Gasteiger partial charge < -0.3 is 48.7 Å². The van der Waals surface area contributed by atoms with E-state index in [9.17, 15) is 39.3 Å². The number of Topliss-reactive ketones (excluding diaryl/α,β-unsaturated/α-hetero) is 1. The van der Waals surface area contributed by atoms with Crippen molar-refractivity contribution in [1.29, 1.82) is 0 Å². The van der Waals surface area contributed by atoms with E-state index in [1.807, 2.05) is 0 Å². The van der Waals surface area contributed by atoms with Crippen molar-refractivity contribution in [2.45, 2.75) is 122 Å². The third kappa shape index (κ3) is 6.75. The number of benzene rings is 1. The highest BCUT2D eigenvalue weighted by atomic mass is 16.6. The normalized spacial score (nSPS) is 33.8. The number of fused-ring (bicyclic) bond motifs is 5. The predicted molar refractivity (Wildman–Crippen MR) is 194 cm³/mol. The van der Waals surface area contributed by atoms with Gasteiger partial charge in [0.25, 0.3) is 0 Å². The lowest BCUT2D eigenvalue weighted by atomic mass is 9.44. The van der Waals surface area contributed by atoms with Crippen molar-refractivity contribution in [1.82, 2.24) is 5.32 Å². The van der Waals surface area contributed by atoms with E-state index < -0.39 is 113 Å². The van der Waals surface area contributed by atoms with E-state index in [1.165, 1.54) is 65.1 Å².